The van der Waals surface area contributed by atoms with Crippen molar-refractivity contribution >= 4 is 47.6 Å². The van der Waals surface area contributed by atoms with Gasteiger partial charge in [0.25, 0.3) is 11.1 Å². The Kier molecular flexibility index (Phi) is 5.68. The van der Waals surface area contributed by atoms with E-state index in [0.717, 1.165) is 27.8 Å². The Balaban J connectivity index is 2.12. The number of rotatable bonds is 5. The van der Waals surface area contributed by atoms with Crippen LogP contribution in [0.5, 0.6) is 0 Å². The van der Waals surface area contributed by atoms with Crippen molar-refractivity contribution < 1.29 is 19.1 Å². The normalized spacial score (nSPS) is 16.5. The second kappa shape index (κ2) is 7.51. The number of benzene rings is 1. The zero-order valence-corrected chi connectivity index (χ0v) is 13.7. The van der Waals surface area contributed by atoms with Gasteiger partial charge in [-0.25, -0.2) is 0 Å². The summed E-state index contributed by atoms with van der Waals surface area (Å²) in [5.41, 5.74) is 1.88. The highest BCUT2D eigenvalue weighted by Crippen LogP contribution is 2.32. The molecule has 5 nitrogen and oxygen atoms in total. The molecule has 1 saturated heterocycles. The van der Waals surface area contributed by atoms with Crippen LogP contribution in [0.25, 0.3) is 6.08 Å². The number of thiol groups is 1. The van der Waals surface area contributed by atoms with Crippen LogP contribution in [0.4, 0.5) is 4.79 Å². The fourth-order valence-electron chi connectivity index (χ4n) is 1.84. The Labute approximate surface area is 138 Å². The zero-order chi connectivity index (χ0) is 16.1. The molecule has 2 amide bonds. The fraction of sp³-hybridized carbons (Fsp3) is 0.267. The predicted octanol–water partition coefficient (Wildman–Crippen LogP) is 2.72. The van der Waals surface area contributed by atoms with E-state index in [-0.39, 0.29) is 13.2 Å². The lowest BCUT2D eigenvalue weighted by Gasteiger charge is -2.10. The smallest absolute Gasteiger partial charge is 0.326 e. The van der Waals surface area contributed by atoms with Gasteiger partial charge >= 0.3 is 5.97 Å². The van der Waals surface area contributed by atoms with Gasteiger partial charge in [-0.2, -0.15) is 12.6 Å². The number of hydrogen-bond donors (Lipinski definition) is 1. The Bertz CT molecular complexity index is 625. The summed E-state index contributed by atoms with van der Waals surface area (Å²) in [4.78, 5) is 36.6. The van der Waals surface area contributed by atoms with Gasteiger partial charge in [-0.15, -0.1) is 0 Å². The topological polar surface area (TPSA) is 63.7 Å². The van der Waals surface area contributed by atoms with Crippen molar-refractivity contribution in [3.8, 4) is 0 Å². The molecule has 7 heteroatoms. The Morgan fingerprint density at radius 2 is 2.00 bits per heavy atom. The number of hydrogen-bond acceptors (Lipinski definition) is 6. The summed E-state index contributed by atoms with van der Waals surface area (Å²) >= 11 is 5.00. The number of carbonyl (C=O) groups is 3. The van der Waals surface area contributed by atoms with Crippen LogP contribution in [-0.2, 0) is 20.1 Å². The van der Waals surface area contributed by atoms with Crippen molar-refractivity contribution in [2.45, 2.75) is 12.7 Å². The summed E-state index contributed by atoms with van der Waals surface area (Å²) in [6.07, 6.45) is 1.64. The summed E-state index contributed by atoms with van der Waals surface area (Å²) in [5, 5.41) is -0.462. The number of amides is 2. The van der Waals surface area contributed by atoms with E-state index < -0.39 is 17.1 Å². The van der Waals surface area contributed by atoms with Crippen molar-refractivity contribution in [3.05, 3.63) is 40.3 Å². The molecule has 0 bridgehead atoms. The van der Waals surface area contributed by atoms with Gasteiger partial charge in [0.15, 0.2) is 0 Å². The molecule has 1 aliphatic rings. The number of esters is 1. The number of imide groups is 1. The van der Waals surface area contributed by atoms with Crippen LogP contribution in [0.1, 0.15) is 18.1 Å². The maximum absolute atomic E-state index is 12.2. The first-order valence-electron chi connectivity index (χ1n) is 6.66. The minimum absolute atomic E-state index is 0.211. The number of carbonyl (C=O) groups excluding carboxylic acids is 3. The fourth-order valence-corrected chi connectivity index (χ4v) is 2.89. The third-order valence-electron chi connectivity index (χ3n) is 2.93. The minimum atomic E-state index is -0.593. The molecule has 1 aromatic carbocycles. The average Bonchev–Trinajstić information content (AvgIpc) is 2.76. The second-order valence-corrected chi connectivity index (χ2v) is 5.78. The summed E-state index contributed by atoms with van der Waals surface area (Å²) in [6, 6.07) is 7.51. The molecular formula is C15H15NO4S2. The lowest BCUT2D eigenvalue weighted by atomic mass is 10.1. The first-order valence-corrected chi connectivity index (χ1v) is 8.10. The van der Waals surface area contributed by atoms with E-state index in [0.29, 0.717) is 10.7 Å². The Hall–Kier alpha value is -1.73. The van der Waals surface area contributed by atoms with Crippen molar-refractivity contribution in [2.24, 2.45) is 0 Å². The highest BCUT2D eigenvalue weighted by molar-refractivity contribution is 8.18. The van der Waals surface area contributed by atoms with Gasteiger partial charge in [-0.3, -0.25) is 19.3 Å². The van der Waals surface area contributed by atoms with Gasteiger partial charge in [0, 0.05) is 5.75 Å². The van der Waals surface area contributed by atoms with Crippen molar-refractivity contribution in [2.75, 3.05) is 13.2 Å². The second-order valence-electron chi connectivity index (χ2n) is 4.47. The van der Waals surface area contributed by atoms with Gasteiger partial charge in [0.2, 0.25) is 0 Å². The van der Waals surface area contributed by atoms with Gasteiger partial charge in [0.05, 0.1) is 11.5 Å². The predicted molar refractivity (Wildman–Crippen MR) is 88.4 cm³/mol. The van der Waals surface area contributed by atoms with E-state index in [1.165, 1.54) is 0 Å². The molecule has 1 aromatic rings. The lowest BCUT2D eigenvalue weighted by molar-refractivity contribution is -0.145. The van der Waals surface area contributed by atoms with E-state index in [1.807, 2.05) is 24.3 Å². The minimum Gasteiger partial charge on any atom is -0.465 e. The van der Waals surface area contributed by atoms with E-state index in [2.05, 4.69) is 12.6 Å². The monoisotopic (exact) mass is 337 g/mol. The molecule has 0 aliphatic carbocycles. The molecule has 0 radical (unpaired) electrons. The maximum Gasteiger partial charge on any atom is 0.326 e. The summed E-state index contributed by atoms with van der Waals surface area (Å²) < 4.78 is 4.76. The first kappa shape index (κ1) is 16.6. The van der Waals surface area contributed by atoms with Gasteiger partial charge < -0.3 is 4.74 Å². The number of thioether (sulfide) groups is 1. The quantitative estimate of drug-likeness (QED) is 0.508. The molecule has 1 aliphatic heterocycles. The van der Waals surface area contributed by atoms with E-state index in [9.17, 15) is 14.4 Å². The van der Waals surface area contributed by atoms with E-state index in [1.54, 1.807) is 13.0 Å². The van der Waals surface area contributed by atoms with Crippen LogP contribution >= 0.6 is 24.4 Å². The summed E-state index contributed by atoms with van der Waals surface area (Å²) in [6.45, 7) is 1.52. The molecule has 0 unspecified atom stereocenters. The lowest BCUT2D eigenvalue weighted by Crippen LogP contribution is -2.34. The average molecular weight is 337 g/mol. The molecule has 116 valence electrons. The zero-order valence-electron chi connectivity index (χ0n) is 11.9. The summed E-state index contributed by atoms with van der Waals surface area (Å²) in [7, 11) is 0. The Morgan fingerprint density at radius 1 is 1.32 bits per heavy atom. The molecule has 0 spiro atoms. The number of ether oxygens (including phenoxy) is 1. The molecular weight excluding hydrogens is 322 g/mol. The third kappa shape index (κ3) is 3.92. The molecule has 0 N–H and O–H groups in total. The van der Waals surface area contributed by atoms with Crippen LogP contribution < -0.4 is 0 Å². The van der Waals surface area contributed by atoms with Crippen molar-refractivity contribution in [3.63, 3.8) is 0 Å². The highest BCUT2D eigenvalue weighted by Gasteiger charge is 2.36. The molecule has 2 rings (SSSR count). The maximum atomic E-state index is 12.2. The first-order chi connectivity index (χ1) is 10.5. The van der Waals surface area contributed by atoms with Crippen molar-refractivity contribution in [1.29, 1.82) is 0 Å². The van der Waals surface area contributed by atoms with E-state index >= 15 is 0 Å². The van der Waals surface area contributed by atoms with E-state index in [4.69, 9.17) is 4.74 Å². The van der Waals surface area contributed by atoms with Gasteiger partial charge in [-0.1, -0.05) is 24.3 Å². The molecule has 1 fully saturated rings. The van der Waals surface area contributed by atoms with Crippen LogP contribution in [0, 0.1) is 0 Å². The molecule has 0 aromatic heterocycles. The standard InChI is InChI=1S/C15H15NO4S2/c1-2-20-13(17)8-16-14(18)12(22-15(16)19)7-10-3-5-11(9-21)6-4-10/h3-7,21H,2,8-9H2,1H3/b12-7-. The highest BCUT2D eigenvalue weighted by atomic mass is 32.2. The number of nitrogens with zero attached hydrogens (tertiary/aromatic N) is 1. The van der Waals surface area contributed by atoms with Crippen LogP contribution in [0.15, 0.2) is 29.2 Å². The SMILES string of the molecule is CCOC(=O)CN1C(=O)S/C(=C\c2ccc(CS)cc2)C1=O. The summed E-state index contributed by atoms with van der Waals surface area (Å²) in [5.74, 6) is -0.429. The van der Waals surface area contributed by atoms with Crippen LogP contribution in [-0.4, -0.2) is 35.2 Å². The molecule has 0 saturated carbocycles. The molecule has 0 atom stereocenters. The molecule has 1 heterocycles. The largest absolute Gasteiger partial charge is 0.465 e. The molecule has 22 heavy (non-hydrogen) atoms. The van der Waals surface area contributed by atoms with Crippen molar-refractivity contribution in [1.82, 2.24) is 4.90 Å². The van der Waals surface area contributed by atoms with Crippen LogP contribution in [0.3, 0.4) is 0 Å². The Morgan fingerprint density at radius 3 is 2.59 bits per heavy atom. The third-order valence-corrected chi connectivity index (χ3v) is 4.20. The van der Waals surface area contributed by atoms with Gasteiger partial charge in [0.1, 0.15) is 6.54 Å². The van der Waals surface area contributed by atoms with Crippen LogP contribution in [0.2, 0.25) is 0 Å². The van der Waals surface area contributed by atoms with Gasteiger partial charge in [-0.05, 0) is 35.9 Å².